The van der Waals surface area contributed by atoms with Crippen molar-refractivity contribution in [3.05, 3.63) is 16.1 Å². The summed E-state index contributed by atoms with van der Waals surface area (Å²) in [7, 11) is 1.49. The van der Waals surface area contributed by atoms with Crippen LogP contribution in [-0.4, -0.2) is 53.7 Å². The Balaban J connectivity index is 2.27. The second kappa shape index (κ2) is 6.57. The van der Waals surface area contributed by atoms with Gasteiger partial charge in [-0.1, -0.05) is 20.8 Å². The van der Waals surface area contributed by atoms with Crippen LogP contribution in [0.3, 0.4) is 0 Å². The second-order valence-electron chi connectivity index (χ2n) is 7.13. The van der Waals surface area contributed by atoms with Crippen molar-refractivity contribution in [2.75, 3.05) is 26.8 Å². The predicted molar refractivity (Wildman–Crippen MR) is 87.9 cm³/mol. The molecule has 1 unspecified atom stereocenters. The van der Waals surface area contributed by atoms with E-state index in [2.05, 4.69) is 4.98 Å². The summed E-state index contributed by atoms with van der Waals surface area (Å²) in [5, 5.41) is 9.61. The molecule has 1 saturated heterocycles. The van der Waals surface area contributed by atoms with Crippen LogP contribution in [0.5, 0.6) is 0 Å². The van der Waals surface area contributed by atoms with Crippen LogP contribution in [0.15, 0.2) is 5.51 Å². The molecule has 1 amide bonds. The van der Waals surface area contributed by atoms with Gasteiger partial charge in [0.25, 0.3) is 5.91 Å². The van der Waals surface area contributed by atoms with E-state index < -0.39 is 11.4 Å². The Hall–Kier alpha value is -1.47. The molecule has 0 aliphatic carbocycles. The van der Waals surface area contributed by atoms with Crippen LogP contribution in [0.4, 0.5) is 0 Å². The summed E-state index contributed by atoms with van der Waals surface area (Å²) in [6.45, 7) is 6.90. The van der Waals surface area contributed by atoms with Gasteiger partial charge in [-0.25, -0.2) is 4.98 Å². The number of likely N-dealkylation sites (tertiary alicyclic amines) is 1. The van der Waals surface area contributed by atoms with Crippen molar-refractivity contribution in [3.63, 3.8) is 0 Å². The van der Waals surface area contributed by atoms with E-state index in [4.69, 9.17) is 4.74 Å². The van der Waals surface area contributed by atoms with Crippen LogP contribution < -0.4 is 0 Å². The fourth-order valence-electron chi connectivity index (χ4n) is 3.01. The molecule has 128 valence electrons. The highest BCUT2D eigenvalue weighted by Crippen LogP contribution is 2.34. The molecular weight excluding hydrogens is 316 g/mol. The summed E-state index contributed by atoms with van der Waals surface area (Å²) in [6.07, 6.45) is 1.18. The molecule has 0 aromatic carbocycles. The number of aromatic nitrogens is 1. The van der Waals surface area contributed by atoms with Crippen molar-refractivity contribution in [3.8, 4) is 0 Å². The zero-order chi connectivity index (χ0) is 17.3. The Morgan fingerprint density at radius 2 is 2.17 bits per heavy atom. The van der Waals surface area contributed by atoms with Crippen molar-refractivity contribution >= 4 is 23.2 Å². The number of carbonyl (C=O) groups is 2. The summed E-state index contributed by atoms with van der Waals surface area (Å²) in [5.41, 5.74) is 1.20. The molecule has 1 N–H and O–H groups in total. The van der Waals surface area contributed by atoms with Gasteiger partial charge >= 0.3 is 5.97 Å². The number of amides is 1. The average molecular weight is 340 g/mol. The van der Waals surface area contributed by atoms with Gasteiger partial charge in [0.05, 0.1) is 17.8 Å². The van der Waals surface area contributed by atoms with Gasteiger partial charge in [-0.15, -0.1) is 11.3 Å². The molecule has 1 aromatic rings. The van der Waals surface area contributed by atoms with Gasteiger partial charge in [-0.2, -0.15) is 0 Å². The van der Waals surface area contributed by atoms with Crippen LogP contribution in [0.1, 0.15) is 49.0 Å². The first kappa shape index (κ1) is 17.9. The lowest BCUT2D eigenvalue weighted by Gasteiger charge is -2.39. The number of carboxylic acids is 1. The maximum Gasteiger partial charge on any atom is 0.313 e. The third-order valence-corrected chi connectivity index (χ3v) is 5.02. The molecule has 1 aliphatic heterocycles. The molecule has 1 atom stereocenters. The highest BCUT2D eigenvalue weighted by Gasteiger charge is 2.44. The molecule has 1 aromatic heterocycles. The smallest absolute Gasteiger partial charge is 0.313 e. The molecule has 1 fully saturated rings. The normalized spacial score (nSPS) is 22.2. The SMILES string of the molecule is COCC1(C(=O)O)CCCN(C(=O)c2scnc2C(C)(C)C)C1. The molecule has 0 bridgehead atoms. The molecule has 2 rings (SSSR count). The Kier molecular flexibility index (Phi) is 5.10. The Morgan fingerprint density at radius 3 is 2.74 bits per heavy atom. The number of aliphatic carboxylic acids is 1. The third-order valence-electron chi connectivity index (χ3n) is 4.21. The molecule has 2 heterocycles. The van der Waals surface area contributed by atoms with Crippen molar-refractivity contribution in [2.24, 2.45) is 5.41 Å². The Bertz CT molecular complexity index is 589. The first-order valence-electron chi connectivity index (χ1n) is 7.67. The second-order valence-corrected chi connectivity index (χ2v) is 7.98. The summed E-state index contributed by atoms with van der Waals surface area (Å²) < 4.78 is 5.11. The van der Waals surface area contributed by atoms with E-state index in [9.17, 15) is 14.7 Å². The molecule has 0 saturated carbocycles. The summed E-state index contributed by atoms with van der Waals surface area (Å²) in [5.74, 6) is -1.03. The van der Waals surface area contributed by atoms with E-state index in [1.165, 1.54) is 18.4 Å². The molecule has 7 heteroatoms. The first-order chi connectivity index (χ1) is 10.7. The first-order valence-corrected chi connectivity index (χ1v) is 8.55. The number of ether oxygens (including phenoxy) is 1. The van der Waals surface area contributed by atoms with Crippen LogP contribution in [0.25, 0.3) is 0 Å². The van der Waals surface area contributed by atoms with E-state index in [0.717, 1.165) is 5.69 Å². The van der Waals surface area contributed by atoms with Crippen LogP contribution in [0.2, 0.25) is 0 Å². The topological polar surface area (TPSA) is 79.7 Å². The van der Waals surface area contributed by atoms with Crippen molar-refractivity contribution in [2.45, 2.75) is 39.0 Å². The lowest BCUT2D eigenvalue weighted by atomic mass is 9.80. The number of hydrogen-bond donors (Lipinski definition) is 1. The minimum Gasteiger partial charge on any atom is -0.481 e. The minimum atomic E-state index is -1.02. The fourth-order valence-corrected chi connectivity index (χ4v) is 3.98. The number of carbonyl (C=O) groups excluding carboxylic acids is 1. The van der Waals surface area contributed by atoms with E-state index in [-0.39, 0.29) is 24.5 Å². The van der Waals surface area contributed by atoms with Gasteiger partial charge in [0.2, 0.25) is 0 Å². The highest BCUT2D eigenvalue weighted by atomic mass is 32.1. The number of thiazole rings is 1. The number of hydrogen-bond acceptors (Lipinski definition) is 5. The molecule has 1 aliphatic rings. The van der Waals surface area contributed by atoms with Gasteiger partial charge in [0, 0.05) is 25.6 Å². The zero-order valence-corrected chi connectivity index (χ0v) is 14.9. The number of methoxy groups -OCH3 is 1. The quantitative estimate of drug-likeness (QED) is 0.910. The lowest BCUT2D eigenvalue weighted by Crippen LogP contribution is -2.52. The molecule has 0 spiro atoms. The standard InChI is InChI=1S/C16H24N2O4S/c1-15(2,3)12-11(23-10-17-12)13(19)18-7-5-6-16(8-18,9-22-4)14(20)21/h10H,5-9H2,1-4H3,(H,20,21). The van der Waals surface area contributed by atoms with Crippen molar-refractivity contribution < 1.29 is 19.4 Å². The number of nitrogens with zero attached hydrogens (tertiary/aromatic N) is 2. The summed E-state index contributed by atoms with van der Waals surface area (Å²) in [4.78, 5) is 31.2. The lowest BCUT2D eigenvalue weighted by molar-refractivity contribution is -0.155. The minimum absolute atomic E-state index is 0.112. The Labute approximate surface area is 140 Å². The fraction of sp³-hybridized carbons (Fsp3) is 0.688. The molecule has 6 nitrogen and oxygen atoms in total. The van der Waals surface area contributed by atoms with Gasteiger partial charge in [0.15, 0.2) is 0 Å². The number of carboxylic acid groups (broad SMARTS) is 1. The van der Waals surface area contributed by atoms with Crippen LogP contribution >= 0.6 is 11.3 Å². The van der Waals surface area contributed by atoms with Crippen molar-refractivity contribution in [1.82, 2.24) is 9.88 Å². The van der Waals surface area contributed by atoms with E-state index in [1.807, 2.05) is 20.8 Å². The highest BCUT2D eigenvalue weighted by molar-refractivity contribution is 7.11. The van der Waals surface area contributed by atoms with Gasteiger partial charge in [-0.3, -0.25) is 9.59 Å². The average Bonchev–Trinajstić information content (AvgIpc) is 2.96. The molecule has 0 radical (unpaired) electrons. The van der Waals surface area contributed by atoms with E-state index >= 15 is 0 Å². The van der Waals surface area contributed by atoms with Gasteiger partial charge in [0.1, 0.15) is 10.3 Å². The van der Waals surface area contributed by atoms with E-state index in [0.29, 0.717) is 24.3 Å². The molecular formula is C16H24N2O4S. The Morgan fingerprint density at radius 1 is 1.48 bits per heavy atom. The zero-order valence-electron chi connectivity index (χ0n) is 14.1. The monoisotopic (exact) mass is 340 g/mol. The number of piperidine rings is 1. The number of rotatable bonds is 4. The van der Waals surface area contributed by atoms with E-state index in [1.54, 1.807) is 10.4 Å². The maximum absolute atomic E-state index is 12.9. The predicted octanol–water partition coefficient (Wildman–Crippen LogP) is 2.39. The van der Waals surface area contributed by atoms with Gasteiger partial charge < -0.3 is 14.7 Å². The maximum atomic E-state index is 12.9. The summed E-state index contributed by atoms with van der Waals surface area (Å²) in [6, 6.07) is 0. The van der Waals surface area contributed by atoms with Gasteiger partial charge in [-0.05, 0) is 12.8 Å². The largest absolute Gasteiger partial charge is 0.481 e. The van der Waals surface area contributed by atoms with Crippen LogP contribution in [0, 0.1) is 5.41 Å². The van der Waals surface area contributed by atoms with Crippen molar-refractivity contribution in [1.29, 1.82) is 0 Å². The molecule has 23 heavy (non-hydrogen) atoms. The third kappa shape index (κ3) is 3.55. The summed E-state index contributed by atoms with van der Waals surface area (Å²) >= 11 is 1.32. The van der Waals surface area contributed by atoms with Crippen LogP contribution in [-0.2, 0) is 14.9 Å².